The van der Waals surface area contributed by atoms with Gasteiger partial charge >= 0.3 is 5.97 Å². The van der Waals surface area contributed by atoms with Crippen LogP contribution in [0, 0.1) is 11.8 Å². The summed E-state index contributed by atoms with van der Waals surface area (Å²) in [7, 11) is 0. The summed E-state index contributed by atoms with van der Waals surface area (Å²) in [5.41, 5.74) is 1.23. The Kier molecular flexibility index (Phi) is 3.26. The lowest BCUT2D eigenvalue weighted by molar-refractivity contribution is 0.0696. The van der Waals surface area contributed by atoms with Crippen LogP contribution < -0.4 is 4.90 Å². The van der Waals surface area contributed by atoms with Crippen molar-refractivity contribution in [1.82, 2.24) is 19.7 Å². The molecule has 1 saturated heterocycles. The summed E-state index contributed by atoms with van der Waals surface area (Å²) in [5, 5.41) is 22.5. The van der Waals surface area contributed by atoms with Crippen molar-refractivity contribution in [3.8, 4) is 0 Å². The van der Waals surface area contributed by atoms with Gasteiger partial charge in [-0.1, -0.05) is 0 Å². The molecule has 0 aromatic carbocycles. The van der Waals surface area contributed by atoms with E-state index in [9.17, 15) is 9.90 Å². The van der Waals surface area contributed by atoms with Gasteiger partial charge in [0.25, 0.3) is 0 Å². The highest BCUT2D eigenvalue weighted by molar-refractivity contribution is 5.86. The van der Waals surface area contributed by atoms with Crippen molar-refractivity contribution < 1.29 is 15.0 Å². The van der Waals surface area contributed by atoms with E-state index in [1.165, 1.54) is 23.5 Å². The third kappa shape index (κ3) is 2.65. The van der Waals surface area contributed by atoms with Crippen LogP contribution in [0.5, 0.6) is 0 Å². The Hall–Kier alpha value is -2.48. The molecule has 120 valence electrons. The standard InChI is InChI=1S/C15H17N5O3/c21-8-13-12(7-20-6-11(2-17-20)15(22)23)16-3-14(18-13)19-4-9-1-10(9)5-19/h2-3,6,9-10,21H,1,4-5,7-8H2,(H,22,23). The Morgan fingerprint density at radius 1 is 1.26 bits per heavy atom. The summed E-state index contributed by atoms with van der Waals surface area (Å²) in [6.45, 7) is 2.11. The predicted molar refractivity (Wildman–Crippen MR) is 80.1 cm³/mol. The van der Waals surface area contributed by atoms with Crippen molar-refractivity contribution in [1.29, 1.82) is 0 Å². The van der Waals surface area contributed by atoms with Gasteiger partial charge in [0, 0.05) is 19.3 Å². The molecule has 2 fully saturated rings. The molecule has 0 bridgehead atoms. The number of aromatic carboxylic acids is 1. The highest BCUT2D eigenvalue weighted by Crippen LogP contribution is 2.45. The van der Waals surface area contributed by atoms with Crippen molar-refractivity contribution in [2.75, 3.05) is 18.0 Å². The molecule has 8 nitrogen and oxygen atoms in total. The van der Waals surface area contributed by atoms with Gasteiger partial charge in [0.1, 0.15) is 5.82 Å². The van der Waals surface area contributed by atoms with Crippen LogP contribution in [0.3, 0.4) is 0 Å². The smallest absolute Gasteiger partial charge is 0.338 e. The van der Waals surface area contributed by atoms with E-state index in [1.807, 2.05) is 0 Å². The molecule has 1 saturated carbocycles. The van der Waals surface area contributed by atoms with E-state index in [4.69, 9.17) is 5.11 Å². The SMILES string of the molecule is O=C(O)c1cnn(Cc2ncc(N3CC4CC4C3)nc2CO)c1. The number of carbonyl (C=O) groups is 1. The Bertz CT molecular complexity index is 749. The minimum Gasteiger partial charge on any atom is -0.478 e. The zero-order valence-corrected chi connectivity index (χ0v) is 12.5. The maximum absolute atomic E-state index is 10.9. The van der Waals surface area contributed by atoms with Crippen LogP contribution in [-0.4, -0.2) is 49.0 Å². The molecule has 2 aromatic heterocycles. The van der Waals surface area contributed by atoms with Gasteiger partial charge in [-0.3, -0.25) is 9.67 Å². The van der Waals surface area contributed by atoms with Gasteiger partial charge in [-0.2, -0.15) is 5.10 Å². The summed E-state index contributed by atoms with van der Waals surface area (Å²) < 4.78 is 1.48. The van der Waals surface area contributed by atoms with Crippen LogP contribution >= 0.6 is 0 Å². The van der Waals surface area contributed by atoms with Crippen molar-refractivity contribution in [2.45, 2.75) is 19.6 Å². The van der Waals surface area contributed by atoms with E-state index >= 15 is 0 Å². The van der Waals surface area contributed by atoms with Crippen LogP contribution in [0.25, 0.3) is 0 Å². The zero-order chi connectivity index (χ0) is 16.0. The predicted octanol–water partition coefficient (Wildman–Crippen LogP) is 0.368. The van der Waals surface area contributed by atoms with Gasteiger partial charge in [0.15, 0.2) is 0 Å². The van der Waals surface area contributed by atoms with Gasteiger partial charge < -0.3 is 15.1 Å². The second kappa shape index (κ2) is 5.31. The summed E-state index contributed by atoms with van der Waals surface area (Å²) in [6, 6.07) is 0. The van der Waals surface area contributed by atoms with Crippen molar-refractivity contribution in [3.63, 3.8) is 0 Å². The lowest BCUT2D eigenvalue weighted by atomic mass is 10.3. The van der Waals surface area contributed by atoms with Gasteiger partial charge in [-0.15, -0.1) is 0 Å². The number of anilines is 1. The fourth-order valence-corrected chi connectivity index (χ4v) is 3.15. The van der Waals surface area contributed by atoms with Crippen LogP contribution in [-0.2, 0) is 13.2 Å². The first-order valence-corrected chi connectivity index (χ1v) is 7.60. The number of hydrogen-bond acceptors (Lipinski definition) is 6. The van der Waals surface area contributed by atoms with E-state index in [2.05, 4.69) is 20.0 Å². The lowest BCUT2D eigenvalue weighted by Crippen LogP contribution is -2.24. The van der Waals surface area contributed by atoms with E-state index in [0.29, 0.717) is 11.4 Å². The van der Waals surface area contributed by atoms with E-state index in [0.717, 1.165) is 30.7 Å². The number of rotatable bonds is 5. The summed E-state index contributed by atoms with van der Waals surface area (Å²) in [4.78, 5) is 22.0. The molecule has 8 heteroatoms. The molecule has 0 amide bonds. The monoisotopic (exact) mass is 315 g/mol. The summed E-state index contributed by atoms with van der Waals surface area (Å²) in [6.07, 6.45) is 5.77. The first-order chi connectivity index (χ1) is 11.1. The number of piperidine rings is 1. The van der Waals surface area contributed by atoms with Crippen LogP contribution in [0.1, 0.15) is 28.2 Å². The van der Waals surface area contributed by atoms with Gasteiger partial charge in [0.05, 0.1) is 42.5 Å². The number of nitrogens with zero attached hydrogens (tertiary/aromatic N) is 5. The Morgan fingerprint density at radius 3 is 2.70 bits per heavy atom. The summed E-state index contributed by atoms with van der Waals surface area (Å²) >= 11 is 0. The molecule has 23 heavy (non-hydrogen) atoms. The molecule has 2 atom stereocenters. The molecule has 2 aromatic rings. The summed E-state index contributed by atoms with van der Waals surface area (Å²) in [5.74, 6) is 1.38. The minimum atomic E-state index is -1.02. The van der Waals surface area contributed by atoms with Crippen LogP contribution in [0.15, 0.2) is 18.6 Å². The van der Waals surface area contributed by atoms with Gasteiger partial charge in [0.2, 0.25) is 0 Å². The lowest BCUT2D eigenvalue weighted by Gasteiger charge is -2.19. The highest BCUT2D eigenvalue weighted by atomic mass is 16.4. The number of aromatic nitrogens is 4. The number of carboxylic acids is 1. The molecule has 4 rings (SSSR count). The van der Waals surface area contributed by atoms with Crippen LogP contribution in [0.2, 0.25) is 0 Å². The molecular formula is C15H17N5O3. The molecule has 0 radical (unpaired) electrons. The highest BCUT2D eigenvalue weighted by Gasteiger charge is 2.45. The number of fused-ring (bicyclic) bond motifs is 1. The first kappa shape index (κ1) is 14.1. The topological polar surface area (TPSA) is 104 Å². The normalized spacial score (nSPS) is 22.2. The average molecular weight is 315 g/mol. The fourth-order valence-electron chi connectivity index (χ4n) is 3.15. The molecule has 1 aliphatic carbocycles. The quantitative estimate of drug-likeness (QED) is 0.821. The second-order valence-corrected chi connectivity index (χ2v) is 6.17. The Labute approximate surface area is 132 Å². The molecule has 1 aliphatic heterocycles. The van der Waals surface area contributed by atoms with Gasteiger partial charge in [-0.05, 0) is 18.3 Å². The Balaban J connectivity index is 1.54. The zero-order valence-electron chi connectivity index (χ0n) is 12.5. The van der Waals surface area contributed by atoms with Gasteiger partial charge in [-0.25, -0.2) is 9.78 Å². The number of aliphatic hydroxyl groups is 1. The molecule has 3 heterocycles. The first-order valence-electron chi connectivity index (χ1n) is 7.60. The maximum Gasteiger partial charge on any atom is 0.338 e. The molecule has 2 aliphatic rings. The van der Waals surface area contributed by atoms with Crippen molar-refractivity contribution in [2.24, 2.45) is 11.8 Å². The third-order valence-electron chi connectivity index (χ3n) is 4.56. The van der Waals surface area contributed by atoms with E-state index in [1.54, 1.807) is 6.20 Å². The third-order valence-corrected chi connectivity index (χ3v) is 4.56. The second-order valence-electron chi connectivity index (χ2n) is 6.17. The van der Waals surface area contributed by atoms with Crippen molar-refractivity contribution >= 4 is 11.8 Å². The van der Waals surface area contributed by atoms with Crippen molar-refractivity contribution in [3.05, 3.63) is 35.5 Å². The van der Waals surface area contributed by atoms with Crippen LogP contribution in [0.4, 0.5) is 5.82 Å². The van der Waals surface area contributed by atoms with E-state index < -0.39 is 5.97 Å². The largest absolute Gasteiger partial charge is 0.478 e. The number of hydrogen-bond donors (Lipinski definition) is 2. The molecule has 0 spiro atoms. The number of carboxylic acid groups (broad SMARTS) is 1. The molecule has 2 unspecified atom stereocenters. The van der Waals surface area contributed by atoms with E-state index in [-0.39, 0.29) is 18.7 Å². The maximum atomic E-state index is 10.9. The fraction of sp³-hybridized carbons (Fsp3) is 0.467. The molecule has 2 N–H and O–H groups in total. The number of aliphatic hydroxyl groups excluding tert-OH is 1. The average Bonchev–Trinajstić information content (AvgIpc) is 2.97. The minimum absolute atomic E-state index is 0.122. The Morgan fingerprint density at radius 2 is 2.04 bits per heavy atom. The molecular weight excluding hydrogens is 298 g/mol.